The van der Waals surface area contributed by atoms with E-state index in [2.05, 4.69) is 45.1 Å². The van der Waals surface area contributed by atoms with Gasteiger partial charge in [0, 0.05) is 19.4 Å². The lowest BCUT2D eigenvalue weighted by Crippen LogP contribution is -2.30. The summed E-state index contributed by atoms with van der Waals surface area (Å²) >= 11 is 0. The molecule has 0 spiro atoms. The second kappa shape index (κ2) is 43.8. The molecule has 0 radical (unpaired) electrons. The van der Waals surface area contributed by atoms with Gasteiger partial charge in [0.15, 0.2) is 6.10 Å². The van der Waals surface area contributed by atoms with E-state index in [1.54, 1.807) is 0 Å². The summed E-state index contributed by atoms with van der Waals surface area (Å²) in [5, 5.41) is 0. The van der Waals surface area contributed by atoms with Crippen LogP contribution in [0.25, 0.3) is 0 Å². The lowest BCUT2D eigenvalue weighted by molar-refractivity contribution is -0.163. The van der Waals surface area contributed by atoms with E-state index in [4.69, 9.17) is 14.2 Å². The third kappa shape index (κ3) is 41.1. The summed E-state index contributed by atoms with van der Waals surface area (Å²) < 4.78 is 17.2. The first-order valence-electron chi connectivity index (χ1n) is 22.9. The zero-order valence-corrected chi connectivity index (χ0v) is 35.1. The molecule has 0 aromatic heterocycles. The van der Waals surface area contributed by atoms with Crippen molar-refractivity contribution in [3.63, 3.8) is 0 Å². The molecule has 5 nitrogen and oxygen atoms in total. The molecule has 0 aliphatic carbocycles. The van der Waals surface area contributed by atoms with Gasteiger partial charge in [0.1, 0.15) is 6.61 Å². The van der Waals surface area contributed by atoms with Gasteiger partial charge < -0.3 is 14.2 Å². The molecule has 1 atom stereocenters. The van der Waals surface area contributed by atoms with Gasteiger partial charge in [0.25, 0.3) is 0 Å². The molecule has 0 aromatic carbocycles. The highest BCUT2D eigenvalue weighted by molar-refractivity contribution is 5.70. The molecule has 0 bridgehead atoms. The number of allylic oxidation sites excluding steroid dienone is 4. The molecule has 0 aliphatic heterocycles. The van der Waals surface area contributed by atoms with Crippen molar-refractivity contribution in [2.45, 2.75) is 245 Å². The van der Waals surface area contributed by atoms with Gasteiger partial charge in [-0.3, -0.25) is 9.59 Å². The van der Waals surface area contributed by atoms with Crippen LogP contribution in [0.4, 0.5) is 0 Å². The third-order valence-corrected chi connectivity index (χ3v) is 9.99. The summed E-state index contributed by atoms with van der Waals surface area (Å²) in [5.41, 5.74) is 0. The average Bonchev–Trinajstić information content (AvgIpc) is 3.14. The smallest absolute Gasteiger partial charge is 0.306 e. The van der Waals surface area contributed by atoms with E-state index in [0.717, 1.165) is 51.4 Å². The molecule has 0 fully saturated rings. The van der Waals surface area contributed by atoms with Crippen LogP contribution in [0.1, 0.15) is 239 Å². The second-order valence-corrected chi connectivity index (χ2v) is 15.3. The SMILES string of the molecule is CCCCC/C=C\C/C=C\CCCCCCCCOCC(COC(=O)CCCCCCCCCCCCCCCCC)OC(=O)CCCCCCC. The summed E-state index contributed by atoms with van der Waals surface area (Å²) in [5.74, 6) is -0.405. The number of hydrogen-bond acceptors (Lipinski definition) is 5. The summed E-state index contributed by atoms with van der Waals surface area (Å²) in [6.45, 7) is 7.74. The monoisotopic (exact) mass is 733 g/mol. The average molecular weight is 733 g/mol. The molecule has 0 saturated carbocycles. The zero-order chi connectivity index (χ0) is 37.8. The molecule has 0 aromatic rings. The number of unbranched alkanes of at least 4 members (excludes halogenated alkanes) is 27. The quantitative estimate of drug-likeness (QED) is 0.0355. The van der Waals surface area contributed by atoms with Crippen molar-refractivity contribution in [2.24, 2.45) is 0 Å². The van der Waals surface area contributed by atoms with Crippen molar-refractivity contribution >= 4 is 11.9 Å². The Bertz CT molecular complexity index is 791. The summed E-state index contributed by atoms with van der Waals surface area (Å²) in [6.07, 6.45) is 49.1. The Morgan fingerprint density at radius 1 is 0.423 bits per heavy atom. The van der Waals surface area contributed by atoms with E-state index < -0.39 is 6.10 Å². The number of carbonyl (C=O) groups excluding carboxylic acids is 2. The number of hydrogen-bond donors (Lipinski definition) is 0. The van der Waals surface area contributed by atoms with Crippen LogP contribution in [0, 0.1) is 0 Å². The lowest BCUT2D eigenvalue weighted by Gasteiger charge is -2.18. The highest BCUT2D eigenvalue weighted by Gasteiger charge is 2.17. The Balaban J connectivity index is 4.04. The highest BCUT2D eigenvalue weighted by atomic mass is 16.6. The van der Waals surface area contributed by atoms with Gasteiger partial charge in [0.2, 0.25) is 0 Å². The van der Waals surface area contributed by atoms with E-state index in [9.17, 15) is 9.59 Å². The molecule has 52 heavy (non-hydrogen) atoms. The molecule has 0 rings (SSSR count). The first-order chi connectivity index (χ1) is 25.6. The van der Waals surface area contributed by atoms with E-state index in [1.165, 1.54) is 154 Å². The van der Waals surface area contributed by atoms with E-state index >= 15 is 0 Å². The third-order valence-electron chi connectivity index (χ3n) is 9.99. The fourth-order valence-corrected chi connectivity index (χ4v) is 6.54. The Morgan fingerprint density at radius 3 is 1.31 bits per heavy atom. The van der Waals surface area contributed by atoms with Gasteiger partial charge in [-0.05, 0) is 51.4 Å². The predicted octanol–water partition coefficient (Wildman–Crippen LogP) is 14.9. The van der Waals surface area contributed by atoms with E-state index in [-0.39, 0.29) is 25.2 Å². The van der Waals surface area contributed by atoms with E-state index in [1.807, 2.05) is 0 Å². The van der Waals surface area contributed by atoms with Gasteiger partial charge in [-0.15, -0.1) is 0 Å². The highest BCUT2D eigenvalue weighted by Crippen LogP contribution is 2.15. The summed E-state index contributed by atoms with van der Waals surface area (Å²) in [4.78, 5) is 25.0. The molecular weight excluding hydrogens is 645 g/mol. The van der Waals surface area contributed by atoms with Crippen molar-refractivity contribution in [1.29, 1.82) is 0 Å². The molecule has 0 amide bonds. The van der Waals surface area contributed by atoms with Crippen molar-refractivity contribution in [1.82, 2.24) is 0 Å². The minimum Gasteiger partial charge on any atom is -0.462 e. The number of rotatable bonds is 42. The van der Waals surface area contributed by atoms with Gasteiger partial charge in [-0.1, -0.05) is 199 Å². The van der Waals surface area contributed by atoms with Crippen LogP contribution >= 0.6 is 0 Å². The van der Waals surface area contributed by atoms with E-state index in [0.29, 0.717) is 19.4 Å². The van der Waals surface area contributed by atoms with Crippen molar-refractivity contribution in [3.8, 4) is 0 Å². The fourth-order valence-electron chi connectivity index (χ4n) is 6.54. The normalized spacial score (nSPS) is 12.3. The number of carbonyl (C=O) groups is 2. The molecule has 1 unspecified atom stereocenters. The Morgan fingerprint density at radius 2 is 0.808 bits per heavy atom. The van der Waals surface area contributed by atoms with Crippen LogP contribution in [0.5, 0.6) is 0 Å². The summed E-state index contributed by atoms with van der Waals surface area (Å²) in [6, 6.07) is 0. The van der Waals surface area contributed by atoms with Crippen molar-refractivity contribution in [2.75, 3.05) is 19.8 Å². The molecule has 0 saturated heterocycles. The maximum Gasteiger partial charge on any atom is 0.306 e. The zero-order valence-electron chi connectivity index (χ0n) is 35.1. The van der Waals surface area contributed by atoms with Gasteiger partial charge in [0.05, 0.1) is 6.61 Å². The van der Waals surface area contributed by atoms with Gasteiger partial charge in [-0.2, -0.15) is 0 Å². The maximum atomic E-state index is 12.5. The van der Waals surface area contributed by atoms with Crippen molar-refractivity contribution in [3.05, 3.63) is 24.3 Å². The standard InChI is InChI=1S/C47H88O5/c1-4-7-10-13-15-17-19-21-23-25-27-29-31-33-36-39-42-50-43-45(52-47(49)41-38-34-12-9-6-3)44-51-46(48)40-37-35-32-30-28-26-24-22-20-18-16-14-11-8-5-2/h15,17,21,23,45H,4-14,16,18-20,22,24-44H2,1-3H3/b17-15-,23-21-. The molecular formula is C47H88O5. The molecule has 0 heterocycles. The molecule has 0 aliphatic rings. The van der Waals surface area contributed by atoms with Crippen LogP contribution in [0.3, 0.4) is 0 Å². The molecule has 306 valence electrons. The van der Waals surface area contributed by atoms with Gasteiger partial charge in [-0.25, -0.2) is 0 Å². The summed E-state index contributed by atoms with van der Waals surface area (Å²) in [7, 11) is 0. The maximum absolute atomic E-state index is 12.5. The topological polar surface area (TPSA) is 61.8 Å². The predicted molar refractivity (Wildman–Crippen MR) is 224 cm³/mol. The lowest BCUT2D eigenvalue weighted by atomic mass is 10.0. The Kier molecular flexibility index (Phi) is 42.4. The minimum atomic E-state index is -0.530. The van der Waals surface area contributed by atoms with Crippen LogP contribution < -0.4 is 0 Å². The van der Waals surface area contributed by atoms with Crippen LogP contribution in [-0.2, 0) is 23.8 Å². The molecule has 5 heteroatoms. The first kappa shape index (κ1) is 50.4. The van der Waals surface area contributed by atoms with Crippen LogP contribution in [-0.4, -0.2) is 37.9 Å². The van der Waals surface area contributed by atoms with Crippen LogP contribution in [0.2, 0.25) is 0 Å². The fraction of sp³-hybridized carbons (Fsp3) is 0.872. The largest absolute Gasteiger partial charge is 0.462 e. The van der Waals surface area contributed by atoms with Crippen molar-refractivity contribution < 1.29 is 23.8 Å². The Labute approximate surface area is 324 Å². The molecule has 0 N–H and O–H groups in total. The number of esters is 2. The number of ether oxygens (including phenoxy) is 3. The Hall–Kier alpha value is -1.62. The van der Waals surface area contributed by atoms with Gasteiger partial charge >= 0.3 is 11.9 Å². The second-order valence-electron chi connectivity index (χ2n) is 15.3. The minimum absolute atomic E-state index is 0.0862. The first-order valence-corrected chi connectivity index (χ1v) is 22.9. The van der Waals surface area contributed by atoms with Crippen LogP contribution in [0.15, 0.2) is 24.3 Å².